The third-order valence-corrected chi connectivity index (χ3v) is 2.37. The Labute approximate surface area is 98.2 Å². The number of hydrogen-bond donors (Lipinski definition) is 1. The van der Waals surface area contributed by atoms with Gasteiger partial charge in [0, 0.05) is 6.61 Å². The van der Waals surface area contributed by atoms with Crippen molar-refractivity contribution in [2.75, 3.05) is 19.7 Å². The van der Waals surface area contributed by atoms with E-state index in [1.807, 2.05) is 12.1 Å². The molecule has 1 heterocycles. The van der Waals surface area contributed by atoms with Crippen LogP contribution in [-0.4, -0.2) is 19.7 Å². The van der Waals surface area contributed by atoms with Crippen molar-refractivity contribution < 1.29 is 9.15 Å². The normalized spacial score (nSPS) is 11.2. The smallest absolute Gasteiger partial charge is 0.129 e. The fraction of sp³-hybridized carbons (Fsp3) is 0.692. The number of ether oxygens (including phenoxy) is 1. The fourth-order valence-corrected chi connectivity index (χ4v) is 1.38. The van der Waals surface area contributed by atoms with E-state index in [0.717, 1.165) is 37.8 Å². The van der Waals surface area contributed by atoms with Gasteiger partial charge in [0.05, 0.1) is 6.26 Å². The van der Waals surface area contributed by atoms with Gasteiger partial charge in [0.1, 0.15) is 12.4 Å². The van der Waals surface area contributed by atoms with Gasteiger partial charge in [0.15, 0.2) is 0 Å². The Hall–Kier alpha value is -0.800. The molecule has 0 aromatic carbocycles. The average Bonchev–Trinajstić information content (AvgIpc) is 2.74. The highest BCUT2D eigenvalue weighted by atomic mass is 16.5. The maximum Gasteiger partial charge on any atom is 0.129 e. The predicted molar refractivity (Wildman–Crippen MR) is 65.3 cm³/mol. The highest BCUT2D eigenvalue weighted by Crippen LogP contribution is 2.01. The van der Waals surface area contributed by atoms with Gasteiger partial charge < -0.3 is 14.5 Å². The van der Waals surface area contributed by atoms with E-state index >= 15 is 0 Å². The molecule has 0 saturated heterocycles. The number of nitrogens with one attached hydrogen (secondary N) is 1. The second kappa shape index (κ2) is 8.36. The van der Waals surface area contributed by atoms with Gasteiger partial charge in [-0.15, -0.1) is 0 Å². The molecule has 1 aromatic rings. The van der Waals surface area contributed by atoms with Crippen LogP contribution in [0.4, 0.5) is 0 Å². The van der Waals surface area contributed by atoms with Crippen molar-refractivity contribution in [3.8, 4) is 0 Å². The van der Waals surface area contributed by atoms with E-state index in [1.54, 1.807) is 6.26 Å². The highest BCUT2D eigenvalue weighted by Gasteiger charge is 1.96. The van der Waals surface area contributed by atoms with Crippen molar-refractivity contribution in [3.63, 3.8) is 0 Å². The molecule has 0 aliphatic heterocycles. The van der Waals surface area contributed by atoms with E-state index in [9.17, 15) is 0 Å². The lowest BCUT2D eigenvalue weighted by molar-refractivity contribution is 0.104. The molecule has 0 unspecified atom stereocenters. The first kappa shape index (κ1) is 13.3. The van der Waals surface area contributed by atoms with E-state index in [4.69, 9.17) is 9.15 Å². The van der Waals surface area contributed by atoms with Crippen LogP contribution in [0.5, 0.6) is 0 Å². The molecule has 0 amide bonds. The molecule has 3 nitrogen and oxygen atoms in total. The zero-order chi connectivity index (χ0) is 11.6. The minimum Gasteiger partial charge on any atom is -0.467 e. The Balaban J connectivity index is 1.82. The molecule has 1 aromatic heterocycles. The van der Waals surface area contributed by atoms with Gasteiger partial charge in [-0.1, -0.05) is 13.8 Å². The van der Waals surface area contributed by atoms with Gasteiger partial charge in [-0.05, 0) is 44.0 Å². The van der Waals surface area contributed by atoms with Crippen molar-refractivity contribution in [2.24, 2.45) is 5.92 Å². The second-order valence-corrected chi connectivity index (χ2v) is 4.42. The number of hydrogen-bond acceptors (Lipinski definition) is 3. The Morgan fingerprint density at radius 3 is 2.94 bits per heavy atom. The van der Waals surface area contributed by atoms with Crippen molar-refractivity contribution in [2.45, 2.75) is 33.3 Å². The van der Waals surface area contributed by atoms with Gasteiger partial charge in [-0.3, -0.25) is 0 Å². The van der Waals surface area contributed by atoms with Gasteiger partial charge >= 0.3 is 0 Å². The lowest BCUT2D eigenvalue weighted by Crippen LogP contribution is -2.19. The molecule has 0 atom stereocenters. The monoisotopic (exact) mass is 225 g/mol. The lowest BCUT2D eigenvalue weighted by atomic mass is 10.1. The van der Waals surface area contributed by atoms with E-state index in [1.165, 1.54) is 6.42 Å². The van der Waals surface area contributed by atoms with Gasteiger partial charge in [-0.25, -0.2) is 0 Å². The molecule has 0 fully saturated rings. The topological polar surface area (TPSA) is 34.4 Å². The molecule has 0 spiro atoms. The van der Waals surface area contributed by atoms with Gasteiger partial charge in [0.25, 0.3) is 0 Å². The first-order valence-electron chi connectivity index (χ1n) is 6.10. The summed E-state index contributed by atoms with van der Waals surface area (Å²) in [5, 5.41) is 3.41. The van der Waals surface area contributed by atoms with Crippen LogP contribution in [-0.2, 0) is 11.3 Å². The lowest BCUT2D eigenvalue weighted by Gasteiger charge is -2.06. The SMILES string of the molecule is CC(C)CCNCCCOCc1ccco1. The van der Waals surface area contributed by atoms with Crippen LogP contribution in [0, 0.1) is 5.92 Å². The van der Waals surface area contributed by atoms with Crippen LogP contribution in [0.1, 0.15) is 32.4 Å². The van der Waals surface area contributed by atoms with Crippen LogP contribution in [0.25, 0.3) is 0 Å². The molecule has 3 heteroatoms. The molecule has 1 N–H and O–H groups in total. The van der Waals surface area contributed by atoms with Crippen LogP contribution >= 0.6 is 0 Å². The van der Waals surface area contributed by atoms with Crippen molar-refractivity contribution >= 4 is 0 Å². The molecule has 0 saturated carbocycles. The summed E-state index contributed by atoms with van der Waals surface area (Å²) in [6.45, 7) is 8.00. The Kier molecular flexibility index (Phi) is 6.93. The van der Waals surface area contributed by atoms with E-state index < -0.39 is 0 Å². The van der Waals surface area contributed by atoms with Crippen molar-refractivity contribution in [3.05, 3.63) is 24.2 Å². The predicted octanol–water partition coefficient (Wildman–Crippen LogP) is 2.82. The van der Waals surface area contributed by atoms with Gasteiger partial charge in [-0.2, -0.15) is 0 Å². The molecular weight excluding hydrogens is 202 g/mol. The molecule has 0 aliphatic carbocycles. The molecule has 0 radical (unpaired) electrons. The van der Waals surface area contributed by atoms with Crippen LogP contribution in [0.15, 0.2) is 22.8 Å². The maximum absolute atomic E-state index is 5.47. The second-order valence-electron chi connectivity index (χ2n) is 4.42. The van der Waals surface area contributed by atoms with Crippen molar-refractivity contribution in [1.82, 2.24) is 5.32 Å². The zero-order valence-electron chi connectivity index (χ0n) is 10.4. The number of rotatable bonds is 9. The summed E-state index contributed by atoms with van der Waals surface area (Å²) in [6, 6.07) is 3.81. The minimum absolute atomic E-state index is 0.582. The summed E-state index contributed by atoms with van der Waals surface area (Å²) >= 11 is 0. The van der Waals surface area contributed by atoms with Crippen molar-refractivity contribution in [1.29, 1.82) is 0 Å². The maximum atomic E-state index is 5.47. The quantitative estimate of drug-likeness (QED) is 0.656. The largest absolute Gasteiger partial charge is 0.467 e. The third kappa shape index (κ3) is 6.64. The third-order valence-electron chi connectivity index (χ3n) is 2.37. The van der Waals surface area contributed by atoms with E-state index in [0.29, 0.717) is 6.61 Å². The zero-order valence-corrected chi connectivity index (χ0v) is 10.4. The molecule has 0 bridgehead atoms. The summed E-state index contributed by atoms with van der Waals surface area (Å²) < 4.78 is 10.6. The summed E-state index contributed by atoms with van der Waals surface area (Å²) in [5.74, 6) is 1.68. The first-order chi connectivity index (χ1) is 7.79. The Morgan fingerprint density at radius 2 is 2.25 bits per heavy atom. The summed E-state index contributed by atoms with van der Waals surface area (Å²) in [6.07, 6.45) is 3.97. The molecule has 0 aliphatic rings. The summed E-state index contributed by atoms with van der Waals surface area (Å²) in [4.78, 5) is 0. The van der Waals surface area contributed by atoms with E-state index in [-0.39, 0.29) is 0 Å². The summed E-state index contributed by atoms with van der Waals surface area (Å²) in [7, 11) is 0. The van der Waals surface area contributed by atoms with E-state index in [2.05, 4.69) is 19.2 Å². The Bertz CT molecular complexity index is 244. The molecule has 16 heavy (non-hydrogen) atoms. The molecular formula is C13H23NO2. The molecule has 92 valence electrons. The molecule has 1 rings (SSSR count). The standard InChI is InChI=1S/C13H23NO2/c1-12(2)6-8-14-7-4-9-15-11-13-5-3-10-16-13/h3,5,10,12,14H,4,6-9,11H2,1-2H3. The Morgan fingerprint density at radius 1 is 1.38 bits per heavy atom. The van der Waals surface area contributed by atoms with Crippen LogP contribution in [0.3, 0.4) is 0 Å². The number of furan rings is 1. The highest BCUT2D eigenvalue weighted by molar-refractivity contribution is 4.95. The minimum atomic E-state index is 0.582. The average molecular weight is 225 g/mol. The van der Waals surface area contributed by atoms with Gasteiger partial charge in [0.2, 0.25) is 0 Å². The first-order valence-corrected chi connectivity index (χ1v) is 6.10. The summed E-state index contributed by atoms with van der Waals surface area (Å²) in [5.41, 5.74) is 0. The van der Waals surface area contributed by atoms with Crippen LogP contribution < -0.4 is 5.32 Å². The fourth-order valence-electron chi connectivity index (χ4n) is 1.38. The van der Waals surface area contributed by atoms with Crippen LogP contribution in [0.2, 0.25) is 0 Å².